The van der Waals surface area contributed by atoms with Gasteiger partial charge in [-0.05, 0) is 88.3 Å². The van der Waals surface area contributed by atoms with Gasteiger partial charge in [0, 0.05) is 38.3 Å². The fourth-order valence-corrected chi connectivity index (χ4v) is 5.98. The molecule has 2 saturated heterocycles. The lowest BCUT2D eigenvalue weighted by Gasteiger charge is -2.33. The van der Waals surface area contributed by atoms with Crippen LogP contribution in [0, 0.1) is 5.92 Å². The van der Waals surface area contributed by atoms with E-state index in [1.165, 1.54) is 69.8 Å². The standard InChI is InChI=1S/C30H40ClN7O3/c1-32-27(39)20-41-26-17-22-16-23(10-11-25(22)36(2)29(26)40)34-28-24(31)18-33-30(35-28)38-15-7-9-21(19-38)8-3-4-12-37-13-5-6-14-37/h10-11,16-18,21H,3-9,12-15,19-20H2,1-2H3,(H,32,39)(H,33,34,35). The second-order valence-electron chi connectivity index (χ2n) is 11.1. The van der Waals surface area contributed by atoms with Gasteiger partial charge in [0.05, 0.1) is 11.7 Å². The molecule has 2 N–H and O–H groups in total. The molecule has 10 nitrogen and oxygen atoms in total. The van der Waals surface area contributed by atoms with Crippen molar-refractivity contribution in [2.75, 3.05) is 56.6 Å². The largest absolute Gasteiger partial charge is 0.478 e. The molecular weight excluding hydrogens is 542 g/mol. The summed E-state index contributed by atoms with van der Waals surface area (Å²) < 4.78 is 6.99. The van der Waals surface area contributed by atoms with Crippen LogP contribution < -0.4 is 25.8 Å². The summed E-state index contributed by atoms with van der Waals surface area (Å²) in [6, 6.07) is 7.29. The summed E-state index contributed by atoms with van der Waals surface area (Å²) >= 11 is 6.51. The number of carbonyl (C=O) groups excluding carboxylic acids is 1. The Morgan fingerprint density at radius 1 is 1.15 bits per heavy atom. The number of carbonyl (C=O) groups is 1. The van der Waals surface area contributed by atoms with Crippen molar-refractivity contribution >= 4 is 45.9 Å². The van der Waals surface area contributed by atoms with Crippen LogP contribution in [0.1, 0.15) is 44.9 Å². The number of likely N-dealkylation sites (tertiary alicyclic amines) is 1. The van der Waals surface area contributed by atoms with Gasteiger partial charge in [0.2, 0.25) is 5.95 Å². The van der Waals surface area contributed by atoms with E-state index in [1.807, 2.05) is 18.2 Å². The maximum Gasteiger partial charge on any atom is 0.293 e. The number of hydrogen-bond donors (Lipinski definition) is 2. The Hall–Kier alpha value is -3.37. The summed E-state index contributed by atoms with van der Waals surface area (Å²) in [5.41, 5.74) is 1.19. The number of hydrogen-bond acceptors (Lipinski definition) is 8. The van der Waals surface area contributed by atoms with Gasteiger partial charge in [-0.25, -0.2) is 4.98 Å². The Balaban J connectivity index is 1.25. The van der Waals surface area contributed by atoms with Crippen LogP contribution in [0.5, 0.6) is 5.75 Å². The molecule has 2 aliphatic heterocycles. The third kappa shape index (κ3) is 7.29. The van der Waals surface area contributed by atoms with E-state index in [-0.39, 0.29) is 23.8 Å². The van der Waals surface area contributed by atoms with E-state index in [0.29, 0.717) is 22.7 Å². The molecule has 0 saturated carbocycles. The van der Waals surface area contributed by atoms with Gasteiger partial charge in [-0.3, -0.25) is 9.59 Å². The number of pyridine rings is 1. The number of likely N-dealkylation sites (N-methyl/N-ethyl adjacent to an activating group) is 1. The Morgan fingerprint density at radius 3 is 2.78 bits per heavy atom. The molecule has 2 aromatic heterocycles. The van der Waals surface area contributed by atoms with Crippen molar-refractivity contribution in [3.05, 3.63) is 45.8 Å². The van der Waals surface area contributed by atoms with Gasteiger partial charge in [-0.15, -0.1) is 0 Å². The van der Waals surface area contributed by atoms with Crippen molar-refractivity contribution in [1.29, 1.82) is 0 Å². The van der Waals surface area contributed by atoms with E-state index < -0.39 is 0 Å². The zero-order chi connectivity index (χ0) is 28.8. The molecule has 1 unspecified atom stereocenters. The van der Waals surface area contributed by atoms with Crippen LogP contribution in [-0.2, 0) is 11.8 Å². The first-order chi connectivity index (χ1) is 19.9. The molecule has 0 radical (unpaired) electrons. The number of aromatic nitrogens is 3. The number of aryl methyl sites for hydroxylation is 1. The van der Waals surface area contributed by atoms with Crippen molar-refractivity contribution in [3.8, 4) is 5.75 Å². The molecule has 5 rings (SSSR count). The van der Waals surface area contributed by atoms with Crippen LogP contribution in [0.3, 0.4) is 0 Å². The smallest absolute Gasteiger partial charge is 0.293 e. The maximum atomic E-state index is 12.7. The average Bonchev–Trinajstić information content (AvgIpc) is 3.51. The predicted octanol–water partition coefficient (Wildman–Crippen LogP) is 4.33. The fraction of sp³-hybridized carbons (Fsp3) is 0.533. The highest BCUT2D eigenvalue weighted by Crippen LogP contribution is 2.30. The van der Waals surface area contributed by atoms with Gasteiger partial charge in [0.15, 0.2) is 18.2 Å². The molecule has 1 atom stereocenters. The molecular formula is C30H40ClN7O3. The van der Waals surface area contributed by atoms with Crippen molar-refractivity contribution < 1.29 is 9.53 Å². The molecule has 2 aliphatic rings. The number of halogens is 1. The summed E-state index contributed by atoms with van der Waals surface area (Å²) in [6.07, 6.45) is 10.6. The van der Waals surface area contributed by atoms with Crippen LogP contribution in [0.2, 0.25) is 5.02 Å². The first-order valence-electron chi connectivity index (χ1n) is 14.7. The van der Waals surface area contributed by atoms with E-state index in [1.54, 1.807) is 19.3 Å². The summed E-state index contributed by atoms with van der Waals surface area (Å²) in [4.78, 5) is 38.5. The number of amides is 1. The molecule has 3 aromatic rings. The fourth-order valence-electron chi connectivity index (χ4n) is 5.84. The lowest BCUT2D eigenvalue weighted by Crippen LogP contribution is -2.36. The molecule has 2 fully saturated rings. The monoisotopic (exact) mass is 581 g/mol. The minimum Gasteiger partial charge on any atom is -0.478 e. The predicted molar refractivity (Wildman–Crippen MR) is 164 cm³/mol. The molecule has 4 heterocycles. The average molecular weight is 582 g/mol. The number of piperidine rings is 1. The molecule has 1 aromatic carbocycles. The second kappa shape index (κ2) is 13.5. The number of nitrogens with zero attached hydrogens (tertiary/aromatic N) is 5. The number of ether oxygens (including phenoxy) is 1. The summed E-state index contributed by atoms with van der Waals surface area (Å²) in [5, 5.41) is 7.02. The van der Waals surface area contributed by atoms with Crippen LogP contribution >= 0.6 is 11.6 Å². The van der Waals surface area contributed by atoms with E-state index in [0.717, 1.165) is 36.1 Å². The Bertz CT molecular complexity index is 1420. The number of rotatable bonds is 11. The van der Waals surface area contributed by atoms with Crippen LogP contribution in [-0.4, -0.2) is 71.7 Å². The number of fused-ring (bicyclic) bond motifs is 1. The zero-order valence-electron chi connectivity index (χ0n) is 24.0. The minimum absolute atomic E-state index is 0.110. The lowest BCUT2D eigenvalue weighted by molar-refractivity contribution is -0.122. The highest BCUT2D eigenvalue weighted by atomic mass is 35.5. The van der Waals surface area contributed by atoms with Crippen LogP contribution in [0.4, 0.5) is 17.5 Å². The Kier molecular flexibility index (Phi) is 9.61. The van der Waals surface area contributed by atoms with Gasteiger partial charge in [0.25, 0.3) is 11.5 Å². The normalized spacial score (nSPS) is 17.6. The van der Waals surface area contributed by atoms with Crippen molar-refractivity contribution in [2.45, 2.75) is 44.9 Å². The van der Waals surface area contributed by atoms with E-state index in [9.17, 15) is 9.59 Å². The zero-order valence-corrected chi connectivity index (χ0v) is 24.8. The maximum absolute atomic E-state index is 12.7. The van der Waals surface area contributed by atoms with Gasteiger partial charge >= 0.3 is 0 Å². The van der Waals surface area contributed by atoms with Gasteiger partial charge < -0.3 is 29.7 Å². The number of anilines is 3. The van der Waals surface area contributed by atoms with Crippen LogP contribution in [0.25, 0.3) is 10.9 Å². The van der Waals surface area contributed by atoms with E-state index in [2.05, 4.69) is 25.4 Å². The molecule has 41 heavy (non-hydrogen) atoms. The lowest BCUT2D eigenvalue weighted by atomic mass is 9.93. The van der Waals surface area contributed by atoms with Crippen molar-refractivity contribution in [2.24, 2.45) is 13.0 Å². The highest BCUT2D eigenvalue weighted by Gasteiger charge is 2.23. The second-order valence-corrected chi connectivity index (χ2v) is 11.5. The molecule has 0 bridgehead atoms. The number of benzene rings is 1. The summed E-state index contributed by atoms with van der Waals surface area (Å²) in [5.74, 6) is 1.68. The van der Waals surface area contributed by atoms with Crippen molar-refractivity contribution in [1.82, 2.24) is 24.8 Å². The highest BCUT2D eigenvalue weighted by molar-refractivity contribution is 6.32. The van der Waals surface area contributed by atoms with E-state index in [4.69, 9.17) is 21.3 Å². The third-order valence-corrected chi connectivity index (χ3v) is 8.44. The van der Waals surface area contributed by atoms with Gasteiger partial charge in [-0.1, -0.05) is 18.0 Å². The first kappa shape index (κ1) is 29.1. The molecule has 220 valence electrons. The third-order valence-electron chi connectivity index (χ3n) is 8.16. The minimum atomic E-state index is -0.311. The van der Waals surface area contributed by atoms with Gasteiger partial charge in [0.1, 0.15) is 5.02 Å². The molecule has 1 amide bonds. The first-order valence-corrected chi connectivity index (χ1v) is 15.0. The Labute approximate surface area is 246 Å². The van der Waals surface area contributed by atoms with E-state index >= 15 is 0 Å². The molecule has 11 heteroatoms. The Morgan fingerprint density at radius 2 is 1.98 bits per heavy atom. The molecule has 0 spiro atoms. The summed E-state index contributed by atoms with van der Waals surface area (Å²) in [6.45, 7) is 5.46. The van der Waals surface area contributed by atoms with Crippen molar-refractivity contribution in [3.63, 3.8) is 0 Å². The van der Waals surface area contributed by atoms with Crippen LogP contribution in [0.15, 0.2) is 35.3 Å². The number of nitrogens with one attached hydrogen (secondary N) is 2. The molecule has 0 aliphatic carbocycles. The SMILES string of the molecule is CNC(=O)COc1cc2cc(Nc3nc(N4CCCC(CCCCN5CCCC5)C4)ncc3Cl)ccc2n(C)c1=O. The van der Waals surface area contributed by atoms with Gasteiger partial charge in [-0.2, -0.15) is 4.98 Å². The topological polar surface area (TPSA) is 105 Å². The summed E-state index contributed by atoms with van der Waals surface area (Å²) in [7, 11) is 3.20. The quantitative estimate of drug-likeness (QED) is 0.322. The number of unbranched alkanes of at least 4 members (excludes halogenated alkanes) is 1.